The monoisotopic (exact) mass is 181 g/mol. The highest BCUT2D eigenvalue weighted by atomic mass is 16.1. The van der Waals surface area contributed by atoms with Gasteiger partial charge in [0.05, 0.1) is 5.69 Å². The summed E-state index contributed by atoms with van der Waals surface area (Å²) >= 11 is 0. The molecule has 72 valence electrons. The van der Waals surface area contributed by atoms with Crippen LogP contribution in [0.25, 0.3) is 0 Å². The Labute approximate surface area is 77.2 Å². The van der Waals surface area contributed by atoms with E-state index in [0.717, 1.165) is 5.69 Å². The van der Waals surface area contributed by atoms with Crippen molar-refractivity contribution in [3.8, 4) is 0 Å². The Hall–Kier alpha value is -1.16. The van der Waals surface area contributed by atoms with Gasteiger partial charge in [0.25, 0.3) is 0 Å². The molecule has 0 unspecified atom stereocenters. The summed E-state index contributed by atoms with van der Waals surface area (Å²) in [6.07, 6.45) is 0. The zero-order valence-corrected chi connectivity index (χ0v) is 8.16. The first-order valence-corrected chi connectivity index (χ1v) is 4.34. The van der Waals surface area contributed by atoms with Gasteiger partial charge in [0.15, 0.2) is 0 Å². The van der Waals surface area contributed by atoms with Crippen LogP contribution in [0.15, 0.2) is 10.9 Å². The number of nitrogens with zero attached hydrogens (tertiary/aromatic N) is 1. The molecule has 13 heavy (non-hydrogen) atoms. The van der Waals surface area contributed by atoms with Crippen molar-refractivity contribution >= 4 is 0 Å². The molecule has 4 nitrogen and oxygen atoms in total. The highest BCUT2D eigenvalue weighted by Gasteiger charge is 2.12. The highest BCUT2D eigenvalue weighted by molar-refractivity contribution is 5.10. The van der Waals surface area contributed by atoms with E-state index in [1.165, 1.54) is 0 Å². The van der Waals surface area contributed by atoms with Crippen molar-refractivity contribution in [1.29, 1.82) is 0 Å². The summed E-state index contributed by atoms with van der Waals surface area (Å²) in [7, 11) is 0. The second kappa shape index (κ2) is 3.70. The van der Waals surface area contributed by atoms with E-state index in [9.17, 15) is 4.79 Å². The lowest BCUT2D eigenvalue weighted by atomic mass is 10.0. The summed E-state index contributed by atoms with van der Waals surface area (Å²) < 4.78 is 0. The summed E-state index contributed by atoms with van der Waals surface area (Å²) in [5, 5.41) is 0. The number of rotatable bonds is 2. The van der Waals surface area contributed by atoms with E-state index in [0.29, 0.717) is 5.69 Å². The third-order valence-corrected chi connectivity index (χ3v) is 1.96. The number of hydrogen-bond donors (Lipinski definition) is 2. The summed E-state index contributed by atoms with van der Waals surface area (Å²) in [4.78, 5) is 17.4. The average Bonchev–Trinajstić information content (AvgIpc) is 2.01. The largest absolute Gasteiger partial charge is 0.345 e. The first-order chi connectivity index (χ1) is 6.00. The molecule has 1 atom stereocenters. The third kappa shape index (κ3) is 2.39. The molecule has 0 aromatic carbocycles. The normalized spacial score (nSPS) is 13.3. The predicted molar refractivity (Wildman–Crippen MR) is 51.4 cm³/mol. The first-order valence-electron chi connectivity index (χ1n) is 4.34. The maximum absolute atomic E-state index is 11.0. The molecular formula is C9H15N3O. The van der Waals surface area contributed by atoms with E-state index < -0.39 is 0 Å². The number of nitrogens with one attached hydrogen (secondary N) is 1. The summed E-state index contributed by atoms with van der Waals surface area (Å²) in [6.45, 7) is 5.82. The molecule has 3 N–H and O–H groups in total. The molecule has 1 heterocycles. The van der Waals surface area contributed by atoms with E-state index in [-0.39, 0.29) is 17.6 Å². The minimum atomic E-state index is -0.328. The minimum absolute atomic E-state index is 0.166. The van der Waals surface area contributed by atoms with Crippen LogP contribution in [0.5, 0.6) is 0 Å². The maximum Gasteiger partial charge on any atom is 0.345 e. The SMILES string of the molecule is Cc1cc([C@@H](N)C(C)C)nc(=O)[nH]1. The van der Waals surface area contributed by atoms with E-state index in [1.807, 2.05) is 26.8 Å². The first kappa shape index (κ1) is 9.92. The van der Waals surface area contributed by atoms with Gasteiger partial charge in [-0.05, 0) is 18.9 Å². The summed E-state index contributed by atoms with van der Waals surface area (Å²) in [6, 6.07) is 1.65. The van der Waals surface area contributed by atoms with Crippen LogP contribution in [0.1, 0.15) is 31.3 Å². The molecule has 0 aliphatic carbocycles. The van der Waals surface area contributed by atoms with Crippen LogP contribution in [-0.2, 0) is 0 Å². The van der Waals surface area contributed by atoms with Crippen molar-refractivity contribution in [3.05, 3.63) is 27.9 Å². The fourth-order valence-electron chi connectivity index (χ4n) is 1.12. The molecular weight excluding hydrogens is 166 g/mol. The summed E-state index contributed by atoms with van der Waals surface area (Å²) in [5.41, 5.74) is 6.99. The number of aryl methyl sites for hydroxylation is 1. The van der Waals surface area contributed by atoms with Gasteiger partial charge in [-0.3, -0.25) is 0 Å². The van der Waals surface area contributed by atoms with Crippen molar-refractivity contribution in [2.45, 2.75) is 26.8 Å². The number of H-pyrrole nitrogens is 1. The van der Waals surface area contributed by atoms with E-state index >= 15 is 0 Å². The lowest BCUT2D eigenvalue weighted by Gasteiger charge is -2.14. The molecule has 0 radical (unpaired) electrons. The van der Waals surface area contributed by atoms with Gasteiger partial charge >= 0.3 is 5.69 Å². The average molecular weight is 181 g/mol. The number of aromatic nitrogens is 2. The van der Waals surface area contributed by atoms with Gasteiger partial charge in [0.2, 0.25) is 0 Å². The van der Waals surface area contributed by atoms with Crippen LogP contribution in [0.4, 0.5) is 0 Å². The van der Waals surface area contributed by atoms with E-state index in [1.54, 1.807) is 0 Å². The molecule has 0 bridgehead atoms. The van der Waals surface area contributed by atoms with Crippen LogP contribution in [0, 0.1) is 12.8 Å². The second-order valence-corrected chi connectivity index (χ2v) is 3.56. The van der Waals surface area contributed by atoms with Gasteiger partial charge in [-0.25, -0.2) is 4.79 Å². The van der Waals surface area contributed by atoms with Crippen molar-refractivity contribution in [2.24, 2.45) is 11.7 Å². The molecule has 0 saturated carbocycles. The molecule has 1 aromatic rings. The second-order valence-electron chi connectivity index (χ2n) is 3.56. The molecule has 1 aromatic heterocycles. The topological polar surface area (TPSA) is 71.8 Å². The Morgan fingerprint density at radius 3 is 2.62 bits per heavy atom. The third-order valence-electron chi connectivity index (χ3n) is 1.96. The molecule has 0 fully saturated rings. The fourth-order valence-corrected chi connectivity index (χ4v) is 1.12. The van der Waals surface area contributed by atoms with Crippen molar-refractivity contribution < 1.29 is 0 Å². The van der Waals surface area contributed by atoms with E-state index in [2.05, 4.69) is 9.97 Å². The number of aromatic amines is 1. The quantitative estimate of drug-likeness (QED) is 0.706. The predicted octanol–water partition coefficient (Wildman–Crippen LogP) is 0.734. The highest BCUT2D eigenvalue weighted by Crippen LogP contribution is 2.15. The molecule has 0 saturated heterocycles. The van der Waals surface area contributed by atoms with Crippen molar-refractivity contribution in [1.82, 2.24) is 9.97 Å². The van der Waals surface area contributed by atoms with Crippen LogP contribution >= 0.6 is 0 Å². The van der Waals surface area contributed by atoms with Gasteiger partial charge in [-0.1, -0.05) is 13.8 Å². The number of hydrogen-bond acceptors (Lipinski definition) is 3. The Kier molecular flexibility index (Phi) is 2.83. The smallest absolute Gasteiger partial charge is 0.322 e. The Morgan fingerprint density at radius 1 is 1.54 bits per heavy atom. The molecule has 0 aliphatic rings. The van der Waals surface area contributed by atoms with Crippen molar-refractivity contribution in [3.63, 3.8) is 0 Å². The lowest BCUT2D eigenvalue weighted by Crippen LogP contribution is -2.23. The Bertz CT molecular complexity index is 343. The molecule has 0 spiro atoms. The molecule has 1 rings (SSSR count). The van der Waals surface area contributed by atoms with Crippen molar-refractivity contribution in [2.75, 3.05) is 0 Å². The minimum Gasteiger partial charge on any atom is -0.322 e. The standard InChI is InChI=1S/C9H15N3O/c1-5(2)8(10)7-4-6(3)11-9(13)12-7/h4-5,8H,10H2,1-3H3,(H,11,12,13)/t8-/m0/s1. The van der Waals surface area contributed by atoms with Crippen LogP contribution < -0.4 is 11.4 Å². The van der Waals surface area contributed by atoms with Gasteiger partial charge in [-0.2, -0.15) is 4.98 Å². The van der Waals surface area contributed by atoms with Crippen LogP contribution in [0.3, 0.4) is 0 Å². The van der Waals surface area contributed by atoms with E-state index in [4.69, 9.17) is 5.73 Å². The zero-order valence-electron chi connectivity index (χ0n) is 8.16. The Balaban J connectivity index is 3.08. The molecule has 0 aliphatic heterocycles. The zero-order chi connectivity index (χ0) is 10.0. The van der Waals surface area contributed by atoms with Gasteiger partial charge < -0.3 is 10.7 Å². The molecule has 0 amide bonds. The molecule has 4 heteroatoms. The van der Waals surface area contributed by atoms with Crippen LogP contribution in [-0.4, -0.2) is 9.97 Å². The summed E-state index contributed by atoms with van der Waals surface area (Å²) in [5.74, 6) is 0.286. The maximum atomic E-state index is 11.0. The van der Waals surface area contributed by atoms with Gasteiger partial charge in [0.1, 0.15) is 0 Å². The number of nitrogens with two attached hydrogens (primary N) is 1. The fraction of sp³-hybridized carbons (Fsp3) is 0.556. The Morgan fingerprint density at radius 2 is 2.15 bits per heavy atom. The van der Waals surface area contributed by atoms with Gasteiger partial charge in [-0.15, -0.1) is 0 Å². The van der Waals surface area contributed by atoms with Gasteiger partial charge in [0, 0.05) is 11.7 Å². The lowest BCUT2D eigenvalue weighted by molar-refractivity contribution is 0.500. The van der Waals surface area contributed by atoms with Crippen LogP contribution in [0.2, 0.25) is 0 Å².